The normalized spacial score (nSPS) is 19.5. The van der Waals surface area contributed by atoms with E-state index in [1.807, 2.05) is 60.7 Å². The minimum Gasteiger partial charge on any atom is -0.489 e. The molecule has 4 aromatic rings. The topological polar surface area (TPSA) is 54.0 Å². The lowest BCUT2D eigenvalue weighted by Crippen LogP contribution is -2.29. The summed E-state index contributed by atoms with van der Waals surface area (Å²) in [7, 11) is 1.90. The number of hydrogen-bond acceptors (Lipinski definition) is 5. The average Bonchev–Trinajstić information content (AvgIpc) is 3.35. The van der Waals surface area contributed by atoms with Gasteiger partial charge < -0.3 is 18.9 Å². The fourth-order valence-electron chi connectivity index (χ4n) is 6.37. The Balaban J connectivity index is 1.16. The van der Waals surface area contributed by atoms with Gasteiger partial charge in [-0.25, -0.2) is 8.60 Å². The Hall–Kier alpha value is -3.78. The van der Waals surface area contributed by atoms with Crippen molar-refractivity contribution in [3.8, 4) is 11.5 Å². The number of aryl methyl sites for hydroxylation is 1. The molecule has 0 radical (unpaired) electrons. The summed E-state index contributed by atoms with van der Waals surface area (Å²) in [4.78, 5) is 1.14. The molecule has 1 unspecified atom stereocenters. The zero-order valence-corrected chi connectivity index (χ0v) is 26.6. The van der Waals surface area contributed by atoms with Crippen molar-refractivity contribution in [2.75, 3.05) is 14.2 Å². The van der Waals surface area contributed by atoms with Crippen LogP contribution in [0.1, 0.15) is 54.4 Å². The van der Waals surface area contributed by atoms with Crippen LogP contribution in [0.25, 0.3) is 10.7 Å². The highest BCUT2D eigenvalue weighted by atomic mass is 32.2. The number of rotatable bonds is 12. The van der Waals surface area contributed by atoms with Gasteiger partial charge in [0.15, 0.2) is 12.0 Å². The molecule has 1 heterocycles. The van der Waals surface area contributed by atoms with Crippen molar-refractivity contribution in [1.29, 1.82) is 0 Å². The van der Waals surface area contributed by atoms with Crippen LogP contribution in [0.2, 0.25) is 0 Å². The van der Waals surface area contributed by atoms with Crippen LogP contribution < -0.4 is 9.47 Å². The molecule has 4 aromatic carbocycles. The largest absolute Gasteiger partial charge is 0.489 e. The third kappa shape index (κ3) is 7.38. The van der Waals surface area contributed by atoms with Crippen molar-refractivity contribution in [3.63, 3.8) is 0 Å². The molecule has 0 bridgehead atoms. The summed E-state index contributed by atoms with van der Waals surface area (Å²) in [5.41, 5.74) is 3.70. The van der Waals surface area contributed by atoms with E-state index in [0.29, 0.717) is 51.1 Å². The molecule has 1 atom stereocenters. The second kappa shape index (κ2) is 14.5. The quantitative estimate of drug-likeness (QED) is 0.147. The lowest BCUT2D eigenvalue weighted by Gasteiger charge is -2.32. The minimum absolute atomic E-state index is 0.100. The number of fused-ring (bicyclic) bond motifs is 1. The summed E-state index contributed by atoms with van der Waals surface area (Å²) in [6, 6.07) is 29.7. The van der Waals surface area contributed by atoms with Gasteiger partial charge in [0.2, 0.25) is 0 Å². The maximum absolute atomic E-state index is 13.9. The van der Waals surface area contributed by atoms with Crippen LogP contribution >= 0.6 is 0 Å². The Bertz CT molecular complexity index is 1620. The maximum Gasteiger partial charge on any atom is 0.159 e. The monoisotopic (exact) mass is 626 g/mol. The molecule has 0 amide bonds. The predicted octanol–water partition coefficient (Wildman–Crippen LogP) is 8.79. The van der Waals surface area contributed by atoms with Gasteiger partial charge >= 0.3 is 0 Å². The van der Waals surface area contributed by atoms with Gasteiger partial charge in [-0.1, -0.05) is 54.6 Å². The fourth-order valence-corrected chi connectivity index (χ4v) is 7.85. The highest BCUT2D eigenvalue weighted by molar-refractivity contribution is 7.95. The van der Waals surface area contributed by atoms with Gasteiger partial charge in [0, 0.05) is 25.7 Å². The predicted molar refractivity (Wildman–Crippen MR) is 175 cm³/mol. The Morgan fingerprint density at radius 2 is 1.49 bits per heavy atom. The lowest BCUT2D eigenvalue weighted by molar-refractivity contribution is -0.145. The summed E-state index contributed by atoms with van der Waals surface area (Å²) >= 11 is 0. The Morgan fingerprint density at radius 3 is 2.18 bits per heavy atom. The molecule has 7 heteroatoms. The molecule has 0 aromatic heterocycles. The van der Waals surface area contributed by atoms with E-state index in [1.54, 1.807) is 26.4 Å². The van der Waals surface area contributed by atoms with E-state index in [4.69, 9.17) is 18.9 Å². The summed E-state index contributed by atoms with van der Waals surface area (Å²) < 4.78 is 51.2. The van der Waals surface area contributed by atoms with Crippen molar-refractivity contribution >= 4 is 21.5 Å². The fraction of sp³-hybridized carbons (Fsp3) is 0.316. The second-order valence-corrected chi connectivity index (χ2v) is 13.2. The van der Waals surface area contributed by atoms with Gasteiger partial charge in [-0.2, -0.15) is 0 Å². The van der Waals surface area contributed by atoms with Crippen LogP contribution in [0.15, 0.2) is 102 Å². The van der Waals surface area contributed by atoms with Crippen molar-refractivity contribution < 1.29 is 27.5 Å². The van der Waals surface area contributed by atoms with Gasteiger partial charge in [0.1, 0.15) is 23.9 Å². The van der Waals surface area contributed by atoms with Crippen LogP contribution in [0, 0.1) is 17.7 Å². The first-order valence-electron chi connectivity index (χ1n) is 15.6. The molecule has 1 fully saturated rings. The van der Waals surface area contributed by atoms with Gasteiger partial charge in [-0.05, 0) is 104 Å². The molecular formula is C38H39FO5S. The number of benzene rings is 4. The van der Waals surface area contributed by atoms with Gasteiger partial charge in [0.25, 0.3) is 0 Å². The molecule has 6 rings (SSSR count). The number of ether oxygens (including phenoxy) is 4. The summed E-state index contributed by atoms with van der Waals surface area (Å²) in [6.07, 6.45) is 6.73. The van der Waals surface area contributed by atoms with Crippen LogP contribution in [-0.4, -0.2) is 24.7 Å². The van der Waals surface area contributed by atoms with Crippen LogP contribution in [0.4, 0.5) is 4.39 Å². The molecule has 1 aliphatic carbocycles. The van der Waals surface area contributed by atoms with E-state index in [9.17, 15) is 8.60 Å². The molecule has 1 saturated carbocycles. The van der Waals surface area contributed by atoms with E-state index in [-0.39, 0.29) is 12.1 Å². The number of methoxy groups -OCH3 is 2. The Labute approximate surface area is 267 Å². The van der Waals surface area contributed by atoms with Crippen molar-refractivity contribution in [3.05, 3.63) is 125 Å². The molecule has 234 valence electrons. The third-order valence-electron chi connectivity index (χ3n) is 8.87. The van der Waals surface area contributed by atoms with E-state index in [1.165, 1.54) is 30.5 Å². The molecule has 0 spiro atoms. The van der Waals surface area contributed by atoms with Crippen LogP contribution in [0.5, 0.6) is 11.5 Å². The zero-order valence-electron chi connectivity index (χ0n) is 25.7. The van der Waals surface area contributed by atoms with Crippen molar-refractivity contribution in [1.82, 2.24) is 0 Å². The molecular weight excluding hydrogens is 587 g/mol. The zero-order chi connectivity index (χ0) is 31.2. The molecule has 45 heavy (non-hydrogen) atoms. The van der Waals surface area contributed by atoms with Gasteiger partial charge in [-0.15, -0.1) is 0 Å². The smallest absolute Gasteiger partial charge is 0.159 e. The molecule has 2 aliphatic rings. The first-order chi connectivity index (χ1) is 22.0. The first kappa shape index (κ1) is 31.2. The summed E-state index contributed by atoms with van der Waals surface area (Å²) in [5, 5.41) is 0. The maximum atomic E-state index is 13.9. The lowest BCUT2D eigenvalue weighted by atomic mass is 9.79. The number of halogens is 1. The van der Waals surface area contributed by atoms with Gasteiger partial charge in [0.05, 0.1) is 20.6 Å². The van der Waals surface area contributed by atoms with Crippen LogP contribution in [0.3, 0.4) is 0 Å². The third-order valence-corrected chi connectivity index (χ3v) is 10.4. The molecule has 0 saturated heterocycles. The van der Waals surface area contributed by atoms with Crippen molar-refractivity contribution in [2.24, 2.45) is 11.8 Å². The summed E-state index contributed by atoms with van der Waals surface area (Å²) in [5.74, 6) is 2.64. The highest BCUT2D eigenvalue weighted by Crippen LogP contribution is 2.44. The Kier molecular flexibility index (Phi) is 10.1. The first-order valence-corrected chi connectivity index (χ1v) is 16.7. The van der Waals surface area contributed by atoms with E-state index >= 15 is 0 Å². The second-order valence-electron chi connectivity index (χ2n) is 11.8. The van der Waals surface area contributed by atoms with E-state index in [0.717, 1.165) is 36.8 Å². The minimum atomic E-state index is -1.54. The number of hydrogen-bond donors (Lipinski definition) is 0. The average molecular weight is 627 g/mol. The van der Waals surface area contributed by atoms with Crippen molar-refractivity contribution in [2.45, 2.75) is 56.3 Å². The SMILES string of the molecule is COC(OC)C1CCC(CCc2ccc(OC3=C(c4ccc(F)cc4)S(=O)c4cc(OCc5ccccc5)ccc43)cc2)CC1. The Morgan fingerprint density at radius 1 is 0.800 bits per heavy atom. The van der Waals surface area contributed by atoms with E-state index < -0.39 is 10.8 Å². The van der Waals surface area contributed by atoms with Crippen LogP contribution in [-0.2, 0) is 33.3 Å². The standard InChI is InChI=1S/C38H39FO5S/c1-41-38(42-2)30-14-10-26(11-15-30)8-9-27-12-20-32(21-13-27)44-36-34-23-22-33(43-25-28-6-4-3-5-7-28)24-35(34)45(40)37(36)29-16-18-31(39)19-17-29/h3-7,12-13,16-24,26,30,38H,8-11,14-15,25H2,1-2H3. The molecule has 0 N–H and O–H groups in total. The van der Waals surface area contributed by atoms with E-state index in [2.05, 4.69) is 12.1 Å². The molecule has 5 nitrogen and oxygen atoms in total. The molecule has 1 aliphatic heterocycles. The highest BCUT2D eigenvalue weighted by Gasteiger charge is 2.32. The summed E-state index contributed by atoms with van der Waals surface area (Å²) in [6.45, 7) is 0.406. The van der Waals surface area contributed by atoms with Gasteiger partial charge in [-0.3, -0.25) is 0 Å².